The second-order valence-corrected chi connectivity index (χ2v) is 4.86. The highest BCUT2D eigenvalue weighted by molar-refractivity contribution is 6.34. The van der Waals surface area contributed by atoms with Gasteiger partial charge in [0.25, 0.3) is 0 Å². The van der Waals surface area contributed by atoms with E-state index in [0.29, 0.717) is 12.2 Å². The number of aryl methyl sites for hydroxylation is 2. The zero-order chi connectivity index (χ0) is 14.7. The summed E-state index contributed by atoms with van der Waals surface area (Å²) >= 11 is 5.93. The second-order valence-electron chi connectivity index (χ2n) is 4.45. The van der Waals surface area contributed by atoms with Crippen LogP contribution in [0.3, 0.4) is 0 Å². The fourth-order valence-electron chi connectivity index (χ4n) is 2.11. The first-order valence-electron chi connectivity index (χ1n) is 6.30. The summed E-state index contributed by atoms with van der Waals surface area (Å²) in [4.78, 5) is 11.2. The Labute approximate surface area is 122 Å². The van der Waals surface area contributed by atoms with Crippen LogP contribution in [0.15, 0.2) is 24.4 Å². The molecule has 0 saturated carbocycles. The molecular formula is C14H16ClN3O2. The van der Waals surface area contributed by atoms with Crippen LogP contribution in [0.2, 0.25) is 5.02 Å². The van der Waals surface area contributed by atoms with Gasteiger partial charge < -0.3 is 10.4 Å². The molecule has 0 saturated heterocycles. The predicted octanol–water partition coefficient (Wildman–Crippen LogP) is 2.95. The summed E-state index contributed by atoms with van der Waals surface area (Å²) < 4.78 is 1.76. The number of hydrogen-bond donors (Lipinski definition) is 2. The molecule has 2 rings (SSSR count). The van der Waals surface area contributed by atoms with Crippen LogP contribution in [-0.2, 0) is 20.0 Å². The number of benzene rings is 1. The highest BCUT2D eigenvalue weighted by Crippen LogP contribution is 2.25. The summed E-state index contributed by atoms with van der Waals surface area (Å²) in [5.41, 5.74) is 2.65. The van der Waals surface area contributed by atoms with Crippen LogP contribution in [0, 0.1) is 0 Å². The number of carboxylic acid groups (broad SMARTS) is 1. The quantitative estimate of drug-likeness (QED) is 0.889. The molecule has 0 amide bonds. The van der Waals surface area contributed by atoms with Crippen molar-refractivity contribution in [1.29, 1.82) is 0 Å². The van der Waals surface area contributed by atoms with Gasteiger partial charge in [0, 0.05) is 25.4 Å². The number of aromatic carboxylic acids is 1. The number of nitrogens with one attached hydrogen (secondary N) is 1. The van der Waals surface area contributed by atoms with Gasteiger partial charge in [0.15, 0.2) is 0 Å². The first-order valence-corrected chi connectivity index (χ1v) is 6.67. The van der Waals surface area contributed by atoms with Crippen molar-refractivity contribution in [2.75, 3.05) is 5.32 Å². The summed E-state index contributed by atoms with van der Waals surface area (Å²) in [6, 6.07) is 5.00. The molecule has 20 heavy (non-hydrogen) atoms. The SMILES string of the molecule is CCc1nn(C)cc1CNc1cccc(Cl)c1C(=O)O. The minimum atomic E-state index is -1.04. The molecule has 0 aliphatic rings. The normalized spacial score (nSPS) is 10.6. The molecule has 0 radical (unpaired) electrons. The number of halogens is 1. The number of carbonyl (C=O) groups is 1. The van der Waals surface area contributed by atoms with E-state index in [2.05, 4.69) is 10.4 Å². The van der Waals surface area contributed by atoms with E-state index in [-0.39, 0.29) is 10.6 Å². The van der Waals surface area contributed by atoms with Crippen molar-refractivity contribution in [3.05, 3.63) is 46.2 Å². The Kier molecular flexibility index (Phi) is 4.29. The Hall–Kier alpha value is -2.01. The average molecular weight is 294 g/mol. The highest BCUT2D eigenvalue weighted by Gasteiger charge is 2.14. The van der Waals surface area contributed by atoms with Crippen molar-refractivity contribution in [2.45, 2.75) is 19.9 Å². The van der Waals surface area contributed by atoms with E-state index in [4.69, 9.17) is 11.6 Å². The van der Waals surface area contributed by atoms with Gasteiger partial charge in [0.1, 0.15) is 5.56 Å². The smallest absolute Gasteiger partial charge is 0.339 e. The van der Waals surface area contributed by atoms with Gasteiger partial charge in [0.05, 0.1) is 16.4 Å². The molecule has 0 aliphatic carbocycles. The first-order chi connectivity index (χ1) is 9.52. The second kappa shape index (κ2) is 5.96. The fraction of sp³-hybridized carbons (Fsp3) is 0.286. The van der Waals surface area contributed by atoms with Crippen LogP contribution in [0.25, 0.3) is 0 Å². The van der Waals surface area contributed by atoms with Crippen LogP contribution in [0.4, 0.5) is 5.69 Å². The minimum Gasteiger partial charge on any atom is -0.478 e. The lowest BCUT2D eigenvalue weighted by molar-refractivity contribution is 0.0698. The third-order valence-corrected chi connectivity index (χ3v) is 3.34. The molecule has 0 fully saturated rings. The van der Waals surface area contributed by atoms with E-state index in [9.17, 15) is 9.90 Å². The maximum absolute atomic E-state index is 11.2. The van der Waals surface area contributed by atoms with Crippen molar-refractivity contribution < 1.29 is 9.90 Å². The van der Waals surface area contributed by atoms with Crippen LogP contribution >= 0.6 is 11.6 Å². The largest absolute Gasteiger partial charge is 0.478 e. The van der Waals surface area contributed by atoms with Gasteiger partial charge in [-0.15, -0.1) is 0 Å². The van der Waals surface area contributed by atoms with Gasteiger partial charge in [-0.05, 0) is 18.6 Å². The van der Waals surface area contributed by atoms with E-state index in [1.165, 1.54) is 0 Å². The number of aromatic nitrogens is 2. The fourth-order valence-corrected chi connectivity index (χ4v) is 2.36. The van der Waals surface area contributed by atoms with Crippen molar-refractivity contribution in [1.82, 2.24) is 9.78 Å². The van der Waals surface area contributed by atoms with Crippen molar-refractivity contribution in [3.8, 4) is 0 Å². The Bertz CT molecular complexity index is 637. The zero-order valence-corrected chi connectivity index (χ0v) is 12.1. The monoisotopic (exact) mass is 293 g/mol. The molecule has 0 bridgehead atoms. The van der Waals surface area contributed by atoms with Crippen molar-refractivity contribution in [3.63, 3.8) is 0 Å². The molecule has 0 aliphatic heterocycles. The molecule has 1 aromatic carbocycles. The van der Waals surface area contributed by atoms with E-state index in [0.717, 1.165) is 17.7 Å². The standard InChI is InChI=1S/C14H16ClN3O2/c1-3-11-9(8-18(2)17-11)7-16-12-6-4-5-10(15)13(12)14(19)20/h4-6,8,16H,3,7H2,1-2H3,(H,19,20). The lowest BCUT2D eigenvalue weighted by atomic mass is 10.1. The molecule has 0 spiro atoms. The van der Waals surface area contributed by atoms with Gasteiger partial charge in [-0.25, -0.2) is 4.79 Å². The molecule has 2 aromatic rings. The molecule has 106 valence electrons. The maximum Gasteiger partial charge on any atom is 0.339 e. The van der Waals surface area contributed by atoms with Crippen LogP contribution in [0.1, 0.15) is 28.5 Å². The number of nitrogens with zero attached hydrogens (tertiary/aromatic N) is 2. The average Bonchev–Trinajstić information content (AvgIpc) is 2.76. The maximum atomic E-state index is 11.2. The molecule has 0 unspecified atom stereocenters. The summed E-state index contributed by atoms with van der Waals surface area (Å²) in [5.74, 6) is -1.04. The summed E-state index contributed by atoms with van der Waals surface area (Å²) in [6.07, 6.45) is 2.76. The third kappa shape index (κ3) is 2.93. The number of anilines is 1. The van der Waals surface area contributed by atoms with Gasteiger partial charge >= 0.3 is 5.97 Å². The molecular weight excluding hydrogens is 278 g/mol. The van der Waals surface area contributed by atoms with Crippen LogP contribution in [-0.4, -0.2) is 20.9 Å². The van der Waals surface area contributed by atoms with Gasteiger partial charge in [-0.3, -0.25) is 4.68 Å². The molecule has 1 heterocycles. The lowest BCUT2D eigenvalue weighted by Crippen LogP contribution is -2.07. The Morgan fingerprint density at radius 2 is 2.25 bits per heavy atom. The van der Waals surface area contributed by atoms with Gasteiger partial charge in [-0.1, -0.05) is 24.6 Å². The Morgan fingerprint density at radius 1 is 1.50 bits per heavy atom. The summed E-state index contributed by atoms with van der Waals surface area (Å²) in [6.45, 7) is 2.55. The van der Waals surface area contributed by atoms with Crippen LogP contribution < -0.4 is 5.32 Å². The summed E-state index contributed by atoms with van der Waals surface area (Å²) in [7, 11) is 1.87. The molecule has 6 heteroatoms. The van der Waals surface area contributed by atoms with E-state index < -0.39 is 5.97 Å². The molecule has 0 atom stereocenters. The topological polar surface area (TPSA) is 67.2 Å². The zero-order valence-electron chi connectivity index (χ0n) is 11.4. The number of rotatable bonds is 5. The third-order valence-electron chi connectivity index (χ3n) is 3.02. The number of carboxylic acids is 1. The van der Waals surface area contributed by atoms with E-state index >= 15 is 0 Å². The highest BCUT2D eigenvalue weighted by atomic mass is 35.5. The molecule has 5 nitrogen and oxygen atoms in total. The number of hydrogen-bond acceptors (Lipinski definition) is 3. The lowest BCUT2D eigenvalue weighted by Gasteiger charge is -2.10. The first kappa shape index (κ1) is 14.4. The molecule has 1 aromatic heterocycles. The van der Waals surface area contributed by atoms with Crippen molar-refractivity contribution in [2.24, 2.45) is 7.05 Å². The van der Waals surface area contributed by atoms with Crippen LogP contribution in [0.5, 0.6) is 0 Å². The van der Waals surface area contributed by atoms with Gasteiger partial charge in [0.2, 0.25) is 0 Å². The van der Waals surface area contributed by atoms with E-state index in [1.54, 1.807) is 22.9 Å². The van der Waals surface area contributed by atoms with Crippen molar-refractivity contribution >= 4 is 23.3 Å². The molecule has 2 N–H and O–H groups in total. The Morgan fingerprint density at radius 3 is 2.90 bits per heavy atom. The minimum absolute atomic E-state index is 0.0936. The van der Waals surface area contributed by atoms with E-state index in [1.807, 2.05) is 20.2 Å². The van der Waals surface area contributed by atoms with Gasteiger partial charge in [-0.2, -0.15) is 5.10 Å². The Balaban J connectivity index is 2.23. The predicted molar refractivity (Wildman–Crippen MR) is 78.3 cm³/mol. The summed E-state index contributed by atoms with van der Waals surface area (Å²) in [5, 5.41) is 16.9.